The molecule has 0 aromatic carbocycles. The van der Waals surface area contributed by atoms with E-state index in [1.165, 1.54) is 32.5 Å². The van der Waals surface area contributed by atoms with E-state index < -0.39 is 0 Å². The zero-order valence-corrected chi connectivity index (χ0v) is 14.1. The Hall–Kier alpha value is -2.02. The van der Waals surface area contributed by atoms with Gasteiger partial charge in [-0.3, -0.25) is 0 Å². The van der Waals surface area contributed by atoms with E-state index in [2.05, 4.69) is 25.2 Å². The maximum Gasteiger partial charge on any atom is 0.316 e. The molecule has 2 aliphatic rings. The van der Waals surface area contributed by atoms with Crippen molar-refractivity contribution in [2.75, 3.05) is 19.6 Å². The van der Waals surface area contributed by atoms with Gasteiger partial charge in [0.1, 0.15) is 12.3 Å². The molecule has 0 unspecified atom stereocenters. The number of aryl methyl sites for hydroxylation is 1. The van der Waals surface area contributed by atoms with Crippen LogP contribution in [0.4, 0.5) is 0 Å². The Labute approximate surface area is 142 Å². The average Bonchev–Trinajstić information content (AvgIpc) is 3.29. The van der Waals surface area contributed by atoms with Gasteiger partial charge in [-0.05, 0) is 44.1 Å². The van der Waals surface area contributed by atoms with Gasteiger partial charge in [0.05, 0.1) is 12.2 Å². The van der Waals surface area contributed by atoms with E-state index in [0.717, 1.165) is 30.0 Å². The Morgan fingerprint density at radius 1 is 1.12 bits per heavy atom. The highest BCUT2D eigenvalue weighted by Gasteiger charge is 2.27. The third kappa shape index (κ3) is 3.90. The van der Waals surface area contributed by atoms with Crippen molar-refractivity contribution in [3.63, 3.8) is 0 Å². The first-order valence-corrected chi connectivity index (χ1v) is 8.81. The first-order valence-electron chi connectivity index (χ1n) is 8.81. The largest absolute Gasteiger partial charge is 0.457 e. The molecule has 0 amide bonds. The number of aromatic nitrogens is 5. The third-order valence-electron chi connectivity index (χ3n) is 4.81. The molecule has 24 heavy (non-hydrogen) atoms. The third-order valence-corrected chi connectivity index (χ3v) is 4.81. The van der Waals surface area contributed by atoms with Crippen LogP contribution in [0, 0.1) is 12.8 Å². The smallest absolute Gasteiger partial charge is 0.316 e. The molecule has 1 aliphatic carbocycles. The minimum atomic E-state index is 0.351. The molecule has 1 saturated heterocycles. The van der Waals surface area contributed by atoms with Crippen LogP contribution in [0.3, 0.4) is 0 Å². The van der Waals surface area contributed by atoms with Gasteiger partial charge < -0.3 is 9.64 Å². The molecular weight excluding hydrogens is 304 g/mol. The Morgan fingerprint density at radius 2 is 1.88 bits per heavy atom. The minimum Gasteiger partial charge on any atom is -0.457 e. The highest BCUT2D eigenvalue weighted by molar-refractivity contribution is 5.05. The van der Waals surface area contributed by atoms with Crippen LogP contribution in [0.25, 0.3) is 0 Å². The fourth-order valence-corrected chi connectivity index (χ4v) is 3.18. The Bertz CT molecular complexity index is 658. The molecule has 0 spiro atoms. The van der Waals surface area contributed by atoms with E-state index in [1.54, 1.807) is 12.4 Å². The highest BCUT2D eigenvalue weighted by Crippen LogP contribution is 2.31. The van der Waals surface area contributed by atoms with Gasteiger partial charge in [-0.2, -0.15) is 0 Å². The van der Waals surface area contributed by atoms with Crippen molar-refractivity contribution in [1.29, 1.82) is 0 Å². The highest BCUT2D eigenvalue weighted by atomic mass is 16.5. The first kappa shape index (κ1) is 15.5. The molecule has 2 aromatic heterocycles. The second kappa shape index (κ2) is 6.84. The second-order valence-electron chi connectivity index (χ2n) is 7.00. The SMILES string of the molecule is Cc1cnc(OCc2cn(C3CCN(CC4CC4)CC3)nn2)nc1. The summed E-state index contributed by atoms with van der Waals surface area (Å²) in [5.74, 6) is 0.973. The summed E-state index contributed by atoms with van der Waals surface area (Å²) >= 11 is 0. The van der Waals surface area contributed by atoms with Gasteiger partial charge in [-0.25, -0.2) is 14.6 Å². The van der Waals surface area contributed by atoms with Gasteiger partial charge in [-0.1, -0.05) is 5.21 Å². The second-order valence-corrected chi connectivity index (χ2v) is 7.00. The predicted molar refractivity (Wildman–Crippen MR) is 88.6 cm³/mol. The normalized spacial score (nSPS) is 19.5. The van der Waals surface area contributed by atoms with Crippen LogP contribution in [0.1, 0.15) is 43.0 Å². The van der Waals surface area contributed by atoms with Gasteiger partial charge in [-0.15, -0.1) is 5.10 Å². The Kier molecular flexibility index (Phi) is 4.42. The van der Waals surface area contributed by atoms with E-state index in [4.69, 9.17) is 4.74 Å². The van der Waals surface area contributed by atoms with E-state index in [-0.39, 0.29) is 0 Å². The van der Waals surface area contributed by atoms with E-state index in [9.17, 15) is 0 Å². The number of rotatable bonds is 6. The van der Waals surface area contributed by atoms with Crippen molar-refractivity contribution in [2.45, 2.75) is 45.3 Å². The molecule has 128 valence electrons. The lowest BCUT2D eigenvalue weighted by Gasteiger charge is -2.31. The standard InChI is InChI=1S/C17H24N6O/c1-13-8-18-17(19-9-13)24-12-15-11-23(21-20-15)16-4-6-22(7-5-16)10-14-2-3-14/h8-9,11,14,16H,2-7,10,12H2,1H3. The summed E-state index contributed by atoms with van der Waals surface area (Å²) < 4.78 is 7.57. The summed E-state index contributed by atoms with van der Waals surface area (Å²) in [4.78, 5) is 10.9. The van der Waals surface area contributed by atoms with E-state index in [0.29, 0.717) is 18.7 Å². The topological polar surface area (TPSA) is 69.0 Å². The van der Waals surface area contributed by atoms with Gasteiger partial charge in [0.25, 0.3) is 0 Å². The van der Waals surface area contributed by atoms with Crippen LogP contribution in [0.2, 0.25) is 0 Å². The fraction of sp³-hybridized carbons (Fsp3) is 0.647. The van der Waals surface area contributed by atoms with Crippen molar-refractivity contribution in [2.24, 2.45) is 5.92 Å². The van der Waals surface area contributed by atoms with Crippen molar-refractivity contribution in [3.05, 3.63) is 29.8 Å². The van der Waals surface area contributed by atoms with Crippen molar-refractivity contribution >= 4 is 0 Å². The quantitative estimate of drug-likeness (QED) is 0.808. The number of hydrogen-bond acceptors (Lipinski definition) is 6. The number of nitrogens with zero attached hydrogens (tertiary/aromatic N) is 6. The van der Waals surface area contributed by atoms with Crippen molar-refractivity contribution in [1.82, 2.24) is 29.9 Å². The molecular formula is C17H24N6O. The molecule has 0 N–H and O–H groups in total. The molecule has 1 aliphatic heterocycles. The zero-order valence-electron chi connectivity index (χ0n) is 14.1. The zero-order chi connectivity index (χ0) is 16.4. The lowest BCUT2D eigenvalue weighted by Crippen LogP contribution is -2.36. The van der Waals surface area contributed by atoms with E-state index >= 15 is 0 Å². The summed E-state index contributed by atoms with van der Waals surface area (Å²) in [6.45, 7) is 5.93. The van der Waals surface area contributed by atoms with E-state index in [1.807, 2.05) is 17.8 Å². The van der Waals surface area contributed by atoms with Crippen LogP contribution in [-0.4, -0.2) is 49.5 Å². The maximum absolute atomic E-state index is 5.57. The molecule has 3 heterocycles. The molecule has 7 nitrogen and oxygen atoms in total. The van der Waals surface area contributed by atoms with Gasteiger partial charge >= 0.3 is 6.01 Å². The van der Waals surface area contributed by atoms with Gasteiger partial charge in [0.15, 0.2) is 0 Å². The summed E-state index contributed by atoms with van der Waals surface area (Å²) in [6, 6.07) is 0.834. The van der Waals surface area contributed by atoms with Crippen LogP contribution in [0.5, 0.6) is 6.01 Å². The van der Waals surface area contributed by atoms with Crippen molar-refractivity contribution < 1.29 is 4.74 Å². The molecule has 4 rings (SSSR count). The molecule has 0 radical (unpaired) electrons. The van der Waals surface area contributed by atoms with Gasteiger partial charge in [0.2, 0.25) is 0 Å². The molecule has 2 fully saturated rings. The Balaban J connectivity index is 1.27. The molecule has 0 atom stereocenters. The van der Waals surface area contributed by atoms with Crippen LogP contribution < -0.4 is 4.74 Å². The number of hydrogen-bond donors (Lipinski definition) is 0. The summed E-state index contributed by atoms with van der Waals surface area (Å²) in [7, 11) is 0. The summed E-state index contributed by atoms with van der Waals surface area (Å²) in [5, 5.41) is 8.51. The summed E-state index contributed by atoms with van der Waals surface area (Å²) in [6.07, 6.45) is 10.6. The molecule has 1 saturated carbocycles. The molecule has 7 heteroatoms. The fourth-order valence-electron chi connectivity index (χ4n) is 3.18. The molecule has 0 bridgehead atoms. The average molecular weight is 328 g/mol. The monoisotopic (exact) mass is 328 g/mol. The minimum absolute atomic E-state index is 0.351. The number of piperidine rings is 1. The first-order chi connectivity index (χ1) is 11.8. The Morgan fingerprint density at radius 3 is 2.58 bits per heavy atom. The number of ether oxygens (including phenoxy) is 1. The van der Waals surface area contributed by atoms with Crippen LogP contribution in [-0.2, 0) is 6.61 Å². The predicted octanol–water partition coefficient (Wildman–Crippen LogP) is 2.00. The van der Waals surface area contributed by atoms with Gasteiger partial charge in [0, 0.05) is 32.0 Å². The molecule has 2 aromatic rings. The van der Waals surface area contributed by atoms with Crippen molar-refractivity contribution in [3.8, 4) is 6.01 Å². The lowest BCUT2D eigenvalue weighted by molar-refractivity contribution is 0.173. The van der Waals surface area contributed by atoms with Crippen LogP contribution >= 0.6 is 0 Å². The number of likely N-dealkylation sites (tertiary alicyclic amines) is 1. The maximum atomic E-state index is 5.57. The summed E-state index contributed by atoms with van der Waals surface area (Å²) in [5.41, 5.74) is 1.83. The lowest BCUT2D eigenvalue weighted by atomic mass is 10.1. The van der Waals surface area contributed by atoms with Crippen LogP contribution in [0.15, 0.2) is 18.6 Å².